The molecule has 1 nitrogen and oxygen atoms in total. The van der Waals surface area contributed by atoms with Gasteiger partial charge in [-0.3, -0.25) is 0 Å². The molecule has 0 spiro atoms. The second-order valence-electron chi connectivity index (χ2n) is 3.57. The normalized spacial score (nSPS) is 9.73. The summed E-state index contributed by atoms with van der Waals surface area (Å²) in [7, 11) is 0. The van der Waals surface area contributed by atoms with E-state index in [4.69, 9.17) is 0 Å². The van der Waals surface area contributed by atoms with E-state index in [0.29, 0.717) is 0 Å². The molecule has 0 atom stereocenters. The van der Waals surface area contributed by atoms with Crippen molar-refractivity contribution in [3.63, 3.8) is 0 Å². The Morgan fingerprint density at radius 1 is 1.27 bits per heavy atom. The summed E-state index contributed by atoms with van der Waals surface area (Å²) >= 11 is 1.58. The number of aryl methyl sites for hydroxylation is 1. The predicted octanol–water partition coefficient (Wildman–Crippen LogP) is 3.82. The van der Waals surface area contributed by atoms with Gasteiger partial charge < -0.3 is 5.32 Å². The molecule has 0 heterocycles. The first kappa shape index (κ1) is 11.9. The average Bonchev–Trinajstić information content (AvgIpc) is 2.16. The molecular formula is C13H17NS. The van der Waals surface area contributed by atoms with Gasteiger partial charge in [0.25, 0.3) is 0 Å². The van der Waals surface area contributed by atoms with Gasteiger partial charge in [-0.2, -0.15) is 0 Å². The molecule has 0 bridgehead atoms. The van der Waals surface area contributed by atoms with Crippen LogP contribution in [0.3, 0.4) is 0 Å². The first-order valence-corrected chi connectivity index (χ1v) is 5.71. The Morgan fingerprint density at radius 3 is 2.40 bits per heavy atom. The van der Waals surface area contributed by atoms with E-state index in [1.807, 2.05) is 6.92 Å². The maximum Gasteiger partial charge on any atom is 0.0655 e. The summed E-state index contributed by atoms with van der Waals surface area (Å²) in [5.41, 5.74) is 2.55. The van der Waals surface area contributed by atoms with Crippen LogP contribution in [-0.4, -0.2) is 0 Å². The van der Waals surface area contributed by atoms with Gasteiger partial charge in [0.2, 0.25) is 0 Å². The van der Waals surface area contributed by atoms with Crippen LogP contribution in [0.4, 0.5) is 0 Å². The summed E-state index contributed by atoms with van der Waals surface area (Å²) < 4.78 is 0. The van der Waals surface area contributed by atoms with E-state index >= 15 is 0 Å². The number of nitrogens with one attached hydrogen (secondary N) is 1. The van der Waals surface area contributed by atoms with Gasteiger partial charge in [0, 0.05) is 6.54 Å². The molecular weight excluding hydrogens is 202 g/mol. The van der Waals surface area contributed by atoms with Gasteiger partial charge in [0.1, 0.15) is 0 Å². The number of benzene rings is 1. The van der Waals surface area contributed by atoms with Crippen molar-refractivity contribution < 1.29 is 0 Å². The lowest BCUT2D eigenvalue weighted by Gasteiger charge is -2.08. The Labute approximate surface area is 96.3 Å². The maximum absolute atomic E-state index is 3.92. The minimum Gasteiger partial charge on any atom is -0.376 e. The lowest BCUT2D eigenvalue weighted by molar-refractivity contribution is 0.859. The third-order valence-electron chi connectivity index (χ3n) is 1.91. The highest BCUT2D eigenvalue weighted by Crippen LogP contribution is 2.19. The van der Waals surface area contributed by atoms with Gasteiger partial charge in [-0.05, 0) is 24.3 Å². The highest BCUT2D eigenvalue weighted by atomic mass is 32.2. The summed E-state index contributed by atoms with van der Waals surface area (Å²) in [5, 5.41) is 4.20. The molecule has 0 radical (unpaired) electrons. The Kier molecular flexibility index (Phi) is 4.50. The maximum atomic E-state index is 3.92. The Morgan fingerprint density at radius 2 is 1.87 bits per heavy atom. The van der Waals surface area contributed by atoms with Gasteiger partial charge in [-0.25, -0.2) is 0 Å². The third-order valence-corrected chi connectivity index (χ3v) is 2.65. The minimum atomic E-state index is 0.819. The highest BCUT2D eigenvalue weighted by molar-refractivity contribution is 8.06. The number of allylic oxidation sites excluding steroid dienone is 1. The van der Waals surface area contributed by atoms with Crippen molar-refractivity contribution in [3.8, 4) is 0 Å². The van der Waals surface area contributed by atoms with E-state index < -0.39 is 0 Å². The number of thioether (sulfide) groups is 1. The third kappa shape index (κ3) is 4.75. The number of rotatable bonds is 5. The molecule has 0 amide bonds. The number of hydrogen-bond acceptors (Lipinski definition) is 2. The van der Waals surface area contributed by atoms with Gasteiger partial charge >= 0.3 is 0 Å². The predicted molar refractivity (Wildman–Crippen MR) is 69.6 cm³/mol. The van der Waals surface area contributed by atoms with Gasteiger partial charge in [-0.15, -0.1) is 0 Å². The van der Waals surface area contributed by atoms with Crippen LogP contribution in [0.2, 0.25) is 0 Å². The zero-order valence-corrected chi connectivity index (χ0v) is 10.2. The second-order valence-corrected chi connectivity index (χ2v) is 4.96. The lowest BCUT2D eigenvalue weighted by atomic mass is 10.1. The van der Waals surface area contributed by atoms with Crippen LogP contribution >= 0.6 is 11.8 Å². The molecule has 0 unspecified atom stereocenters. The molecule has 1 N–H and O–H groups in total. The topological polar surface area (TPSA) is 12.0 Å². The summed E-state index contributed by atoms with van der Waals surface area (Å²) in [6, 6.07) is 8.49. The SMILES string of the molecule is C=C(C)SC(=C)NCc1ccc(C)cc1. The summed E-state index contributed by atoms with van der Waals surface area (Å²) in [6.45, 7) is 12.6. The van der Waals surface area contributed by atoms with Crippen molar-refractivity contribution in [2.24, 2.45) is 0 Å². The fourth-order valence-electron chi connectivity index (χ4n) is 1.15. The fourth-order valence-corrected chi connectivity index (χ4v) is 1.72. The molecule has 1 aromatic carbocycles. The van der Waals surface area contributed by atoms with Crippen molar-refractivity contribution in [1.29, 1.82) is 0 Å². The van der Waals surface area contributed by atoms with E-state index in [-0.39, 0.29) is 0 Å². The van der Waals surface area contributed by atoms with E-state index in [0.717, 1.165) is 16.5 Å². The number of hydrogen-bond donors (Lipinski definition) is 1. The second kappa shape index (κ2) is 5.66. The molecule has 0 aliphatic rings. The monoisotopic (exact) mass is 219 g/mol. The largest absolute Gasteiger partial charge is 0.376 e. The molecule has 1 rings (SSSR count). The van der Waals surface area contributed by atoms with Crippen molar-refractivity contribution in [2.45, 2.75) is 20.4 Å². The van der Waals surface area contributed by atoms with E-state index in [2.05, 4.69) is 49.7 Å². The molecule has 0 saturated carbocycles. The fraction of sp³-hybridized carbons (Fsp3) is 0.231. The van der Waals surface area contributed by atoms with Crippen LogP contribution < -0.4 is 5.32 Å². The molecule has 0 aromatic heterocycles. The van der Waals surface area contributed by atoms with Crippen molar-refractivity contribution in [2.75, 3.05) is 0 Å². The smallest absolute Gasteiger partial charge is 0.0655 e. The van der Waals surface area contributed by atoms with E-state index in [1.165, 1.54) is 11.1 Å². The molecule has 15 heavy (non-hydrogen) atoms. The van der Waals surface area contributed by atoms with Gasteiger partial charge in [0.05, 0.1) is 5.03 Å². The first-order valence-electron chi connectivity index (χ1n) is 4.89. The Balaban J connectivity index is 2.40. The molecule has 0 saturated heterocycles. The van der Waals surface area contributed by atoms with Crippen LogP contribution in [0.5, 0.6) is 0 Å². The molecule has 0 aliphatic carbocycles. The molecule has 1 aromatic rings. The van der Waals surface area contributed by atoms with Crippen LogP contribution in [0.25, 0.3) is 0 Å². The zero-order chi connectivity index (χ0) is 11.3. The molecule has 0 aliphatic heterocycles. The van der Waals surface area contributed by atoms with Crippen LogP contribution in [-0.2, 0) is 6.54 Å². The zero-order valence-electron chi connectivity index (χ0n) is 9.34. The summed E-state index contributed by atoms with van der Waals surface area (Å²) in [5.74, 6) is 0. The van der Waals surface area contributed by atoms with Crippen LogP contribution in [0, 0.1) is 6.92 Å². The van der Waals surface area contributed by atoms with Crippen LogP contribution in [0.1, 0.15) is 18.1 Å². The molecule has 0 fully saturated rings. The van der Waals surface area contributed by atoms with Crippen LogP contribution in [0.15, 0.2) is 47.4 Å². The van der Waals surface area contributed by atoms with Gasteiger partial charge in [0.15, 0.2) is 0 Å². The first-order chi connectivity index (χ1) is 7.08. The van der Waals surface area contributed by atoms with E-state index in [9.17, 15) is 0 Å². The molecule has 80 valence electrons. The Hall–Kier alpha value is -1.15. The highest BCUT2D eigenvalue weighted by Gasteiger charge is 1.96. The average molecular weight is 219 g/mol. The van der Waals surface area contributed by atoms with E-state index in [1.54, 1.807) is 11.8 Å². The lowest BCUT2D eigenvalue weighted by Crippen LogP contribution is -2.09. The van der Waals surface area contributed by atoms with Crippen molar-refractivity contribution >= 4 is 11.8 Å². The van der Waals surface area contributed by atoms with Crippen molar-refractivity contribution in [1.82, 2.24) is 5.32 Å². The quantitative estimate of drug-likeness (QED) is 0.808. The van der Waals surface area contributed by atoms with Crippen molar-refractivity contribution in [3.05, 3.63) is 58.5 Å². The summed E-state index contributed by atoms with van der Waals surface area (Å²) in [6.07, 6.45) is 0. The minimum absolute atomic E-state index is 0.819. The Bertz CT molecular complexity index is 351. The summed E-state index contributed by atoms with van der Waals surface area (Å²) in [4.78, 5) is 1.05. The van der Waals surface area contributed by atoms with Gasteiger partial charge in [-0.1, -0.05) is 54.7 Å². The standard InChI is InChI=1S/C13H17NS/c1-10(2)15-12(4)14-9-13-7-5-11(3)6-8-13/h5-8,14H,1,4,9H2,2-3H3. The molecule has 2 heteroatoms.